The van der Waals surface area contributed by atoms with E-state index in [0.717, 1.165) is 12.1 Å². The van der Waals surface area contributed by atoms with Gasteiger partial charge in [0.2, 0.25) is 0 Å². The van der Waals surface area contributed by atoms with E-state index in [2.05, 4.69) is 15.0 Å². The zero-order valence-corrected chi connectivity index (χ0v) is 11.4. The number of aromatic nitrogens is 3. The van der Waals surface area contributed by atoms with Crippen molar-refractivity contribution in [1.29, 1.82) is 0 Å². The van der Waals surface area contributed by atoms with Crippen molar-refractivity contribution in [2.24, 2.45) is 7.05 Å². The summed E-state index contributed by atoms with van der Waals surface area (Å²) in [6, 6.07) is 3.96. The van der Waals surface area contributed by atoms with Gasteiger partial charge in [-0.25, -0.2) is 0 Å². The maximum absolute atomic E-state index is 10.1. The molecule has 0 unspecified atom stereocenters. The quantitative estimate of drug-likeness (QED) is 0.876. The van der Waals surface area contributed by atoms with Gasteiger partial charge in [-0.1, -0.05) is 6.07 Å². The maximum Gasteiger partial charge on any atom is 0.157 e. The van der Waals surface area contributed by atoms with Gasteiger partial charge in [-0.15, -0.1) is 0 Å². The lowest BCUT2D eigenvalue weighted by molar-refractivity contribution is 0.0736. The normalized spacial score (nSPS) is 23.1. The first-order valence-corrected chi connectivity index (χ1v) is 6.65. The van der Waals surface area contributed by atoms with Gasteiger partial charge in [0, 0.05) is 39.1 Å². The van der Waals surface area contributed by atoms with Crippen LogP contribution in [0.4, 0.5) is 0 Å². The Kier molecular flexibility index (Phi) is 3.66. The maximum atomic E-state index is 10.1. The minimum atomic E-state index is -0.480. The first-order chi connectivity index (χ1) is 9.70. The van der Waals surface area contributed by atoms with Gasteiger partial charge in [0.1, 0.15) is 12.2 Å². The SMILES string of the molecule is Cn1cc(O[C@@H]2CN(Cc3cccnc3)C[C@H]2O)cn1. The Labute approximate surface area is 117 Å². The van der Waals surface area contributed by atoms with Crippen LogP contribution in [0, 0.1) is 0 Å². The summed E-state index contributed by atoms with van der Waals surface area (Å²) in [6.07, 6.45) is 6.38. The van der Waals surface area contributed by atoms with E-state index in [9.17, 15) is 5.11 Å². The average molecular weight is 274 g/mol. The summed E-state index contributed by atoms with van der Waals surface area (Å²) in [4.78, 5) is 6.27. The molecule has 20 heavy (non-hydrogen) atoms. The lowest BCUT2D eigenvalue weighted by atomic mass is 10.2. The summed E-state index contributed by atoms with van der Waals surface area (Å²) in [5, 5.41) is 14.2. The Morgan fingerprint density at radius 3 is 3.00 bits per heavy atom. The topological polar surface area (TPSA) is 63.4 Å². The zero-order valence-electron chi connectivity index (χ0n) is 11.4. The summed E-state index contributed by atoms with van der Waals surface area (Å²) in [5.74, 6) is 0.694. The molecule has 0 aliphatic carbocycles. The van der Waals surface area contributed by atoms with E-state index in [-0.39, 0.29) is 6.10 Å². The first-order valence-electron chi connectivity index (χ1n) is 6.65. The van der Waals surface area contributed by atoms with Gasteiger partial charge >= 0.3 is 0 Å². The molecule has 1 aliphatic heterocycles. The van der Waals surface area contributed by atoms with E-state index in [1.54, 1.807) is 23.3 Å². The fraction of sp³-hybridized carbons (Fsp3) is 0.429. The van der Waals surface area contributed by atoms with Crippen molar-refractivity contribution < 1.29 is 9.84 Å². The standard InChI is InChI=1S/C14H18N4O2/c1-17-8-12(6-16-17)20-14-10-18(9-13(14)19)7-11-3-2-4-15-5-11/h2-6,8,13-14,19H,7,9-10H2,1H3/t13-,14-/m1/s1. The van der Waals surface area contributed by atoms with Gasteiger partial charge < -0.3 is 9.84 Å². The number of aliphatic hydroxyl groups is 1. The molecule has 6 heteroatoms. The highest BCUT2D eigenvalue weighted by atomic mass is 16.5. The summed E-state index contributed by atoms with van der Waals surface area (Å²) >= 11 is 0. The number of β-amino-alcohol motifs (C(OH)–C–C–N with tert-alkyl or cyclic N) is 1. The molecule has 0 aromatic carbocycles. The van der Waals surface area contributed by atoms with Crippen LogP contribution in [0.1, 0.15) is 5.56 Å². The average Bonchev–Trinajstić information content (AvgIpc) is 2.98. The second kappa shape index (κ2) is 5.60. The predicted octanol–water partition coefficient (Wildman–Crippen LogP) is 0.439. The Morgan fingerprint density at radius 2 is 2.30 bits per heavy atom. The molecule has 6 nitrogen and oxygen atoms in total. The monoisotopic (exact) mass is 274 g/mol. The Balaban J connectivity index is 1.59. The molecule has 106 valence electrons. The predicted molar refractivity (Wildman–Crippen MR) is 73.1 cm³/mol. The highest BCUT2D eigenvalue weighted by molar-refractivity contribution is 5.13. The van der Waals surface area contributed by atoms with Gasteiger partial charge in [0.25, 0.3) is 0 Å². The van der Waals surface area contributed by atoms with E-state index in [0.29, 0.717) is 18.8 Å². The highest BCUT2D eigenvalue weighted by Crippen LogP contribution is 2.19. The van der Waals surface area contributed by atoms with Crippen molar-refractivity contribution in [1.82, 2.24) is 19.7 Å². The molecular weight excluding hydrogens is 256 g/mol. The fourth-order valence-corrected chi connectivity index (χ4v) is 2.46. The molecule has 2 aromatic rings. The third-order valence-electron chi connectivity index (χ3n) is 3.41. The number of aryl methyl sites for hydroxylation is 1. The van der Waals surface area contributed by atoms with Crippen LogP contribution in [0.25, 0.3) is 0 Å². The molecule has 0 spiro atoms. The lowest BCUT2D eigenvalue weighted by Crippen LogP contribution is -2.29. The molecule has 2 aromatic heterocycles. The molecule has 3 heterocycles. The highest BCUT2D eigenvalue weighted by Gasteiger charge is 2.33. The van der Waals surface area contributed by atoms with Gasteiger partial charge in [0.05, 0.1) is 12.4 Å². The minimum absolute atomic E-state index is 0.212. The van der Waals surface area contributed by atoms with E-state index >= 15 is 0 Å². The second-order valence-electron chi connectivity index (χ2n) is 5.13. The second-order valence-corrected chi connectivity index (χ2v) is 5.13. The Hall–Kier alpha value is -1.92. The first kappa shape index (κ1) is 13.1. The van der Waals surface area contributed by atoms with E-state index < -0.39 is 6.10 Å². The van der Waals surface area contributed by atoms with Crippen LogP contribution in [0.3, 0.4) is 0 Å². The van der Waals surface area contributed by atoms with Gasteiger partial charge in [-0.2, -0.15) is 5.10 Å². The van der Waals surface area contributed by atoms with Crippen LogP contribution >= 0.6 is 0 Å². The van der Waals surface area contributed by atoms with Gasteiger partial charge in [-0.05, 0) is 11.6 Å². The molecule has 1 fully saturated rings. The van der Waals surface area contributed by atoms with Crippen molar-refractivity contribution in [3.63, 3.8) is 0 Å². The number of aliphatic hydroxyl groups excluding tert-OH is 1. The summed E-state index contributed by atoms with van der Waals surface area (Å²) < 4.78 is 7.47. The van der Waals surface area contributed by atoms with E-state index in [4.69, 9.17) is 4.74 Å². The van der Waals surface area contributed by atoms with Crippen molar-refractivity contribution in [3.05, 3.63) is 42.5 Å². The Morgan fingerprint density at radius 1 is 1.40 bits per heavy atom. The number of nitrogens with zero attached hydrogens (tertiary/aromatic N) is 4. The Bertz CT molecular complexity index is 557. The molecule has 0 saturated carbocycles. The van der Waals surface area contributed by atoms with Crippen molar-refractivity contribution in [2.45, 2.75) is 18.8 Å². The molecule has 1 aliphatic rings. The molecule has 0 bridgehead atoms. The number of likely N-dealkylation sites (tertiary alicyclic amines) is 1. The van der Waals surface area contributed by atoms with Gasteiger partial charge in [0.15, 0.2) is 5.75 Å². The fourth-order valence-electron chi connectivity index (χ4n) is 2.46. The largest absolute Gasteiger partial charge is 0.483 e. The number of hydrogen-bond acceptors (Lipinski definition) is 5. The lowest BCUT2D eigenvalue weighted by Gasteiger charge is -2.16. The molecule has 1 saturated heterocycles. The molecule has 1 N–H and O–H groups in total. The summed E-state index contributed by atoms with van der Waals surface area (Å²) in [5.41, 5.74) is 1.14. The molecule has 0 amide bonds. The smallest absolute Gasteiger partial charge is 0.157 e. The number of hydrogen-bond donors (Lipinski definition) is 1. The van der Waals surface area contributed by atoms with Crippen LogP contribution in [0.15, 0.2) is 36.9 Å². The van der Waals surface area contributed by atoms with Crippen molar-refractivity contribution in [3.8, 4) is 5.75 Å². The molecular formula is C14H18N4O2. The summed E-state index contributed by atoms with van der Waals surface area (Å²) in [7, 11) is 1.84. The molecule has 0 radical (unpaired) electrons. The molecule has 3 rings (SSSR count). The number of ether oxygens (including phenoxy) is 1. The van der Waals surface area contributed by atoms with Crippen LogP contribution in [0.5, 0.6) is 5.75 Å². The van der Waals surface area contributed by atoms with Crippen LogP contribution in [-0.2, 0) is 13.6 Å². The summed E-state index contributed by atoms with van der Waals surface area (Å²) in [6.45, 7) is 2.09. The van der Waals surface area contributed by atoms with E-state index in [1.807, 2.05) is 25.4 Å². The van der Waals surface area contributed by atoms with Crippen molar-refractivity contribution in [2.75, 3.05) is 13.1 Å². The van der Waals surface area contributed by atoms with Crippen LogP contribution in [-0.4, -0.2) is 50.1 Å². The minimum Gasteiger partial charge on any atom is -0.483 e. The van der Waals surface area contributed by atoms with Crippen LogP contribution in [0.2, 0.25) is 0 Å². The third kappa shape index (κ3) is 2.97. The van der Waals surface area contributed by atoms with E-state index in [1.165, 1.54) is 0 Å². The number of pyridine rings is 1. The van der Waals surface area contributed by atoms with Gasteiger partial charge in [-0.3, -0.25) is 14.6 Å². The van der Waals surface area contributed by atoms with Crippen molar-refractivity contribution >= 4 is 0 Å². The zero-order chi connectivity index (χ0) is 13.9. The number of rotatable bonds is 4. The third-order valence-corrected chi connectivity index (χ3v) is 3.41. The van der Waals surface area contributed by atoms with Crippen LogP contribution < -0.4 is 4.74 Å². The molecule has 2 atom stereocenters.